The Morgan fingerprint density at radius 1 is 1.12 bits per heavy atom. The van der Waals surface area contributed by atoms with Crippen LogP contribution in [0.15, 0.2) is 47.1 Å². The Morgan fingerprint density at radius 2 is 1.96 bits per heavy atom. The van der Waals surface area contributed by atoms with Crippen molar-refractivity contribution in [1.82, 2.24) is 15.1 Å². The van der Waals surface area contributed by atoms with Gasteiger partial charge >= 0.3 is 0 Å². The zero-order valence-electron chi connectivity index (χ0n) is 13.5. The van der Waals surface area contributed by atoms with Crippen LogP contribution in [0.4, 0.5) is 5.69 Å². The highest BCUT2D eigenvalue weighted by Gasteiger charge is 2.17. The molecular weight excluding hydrogens is 304 g/mol. The molecule has 122 valence electrons. The summed E-state index contributed by atoms with van der Waals surface area (Å²) in [5, 5.41) is 4.08. The molecule has 0 unspecified atom stereocenters. The van der Waals surface area contributed by atoms with E-state index >= 15 is 0 Å². The first kappa shape index (κ1) is 14.7. The number of rotatable bonds is 4. The molecule has 24 heavy (non-hydrogen) atoms. The van der Waals surface area contributed by atoms with Gasteiger partial charge < -0.3 is 14.2 Å². The maximum atomic E-state index is 5.42. The van der Waals surface area contributed by atoms with Crippen LogP contribution in [0, 0.1) is 0 Å². The first-order valence-electron chi connectivity index (χ1n) is 8.03. The summed E-state index contributed by atoms with van der Waals surface area (Å²) >= 11 is 0. The second kappa shape index (κ2) is 6.31. The Bertz CT molecular complexity index is 840. The molecule has 0 N–H and O–H groups in total. The van der Waals surface area contributed by atoms with Gasteiger partial charge in [0, 0.05) is 25.0 Å². The molecule has 6 nitrogen and oxygen atoms in total. The minimum Gasteiger partial charge on any atom is -0.496 e. The van der Waals surface area contributed by atoms with Crippen LogP contribution in [0.3, 0.4) is 0 Å². The van der Waals surface area contributed by atoms with E-state index in [1.54, 1.807) is 13.3 Å². The lowest BCUT2D eigenvalue weighted by Gasteiger charge is -2.17. The van der Waals surface area contributed by atoms with Crippen molar-refractivity contribution >= 4 is 5.69 Å². The number of nitrogens with zero attached hydrogens (tertiary/aromatic N) is 4. The van der Waals surface area contributed by atoms with Crippen LogP contribution in [0.25, 0.3) is 23.0 Å². The molecule has 3 heterocycles. The molecule has 1 saturated heterocycles. The Morgan fingerprint density at radius 3 is 2.79 bits per heavy atom. The third-order valence-corrected chi connectivity index (χ3v) is 4.21. The quantitative estimate of drug-likeness (QED) is 0.733. The number of aromatic nitrogens is 3. The number of benzene rings is 1. The van der Waals surface area contributed by atoms with Crippen molar-refractivity contribution in [3.8, 4) is 28.7 Å². The van der Waals surface area contributed by atoms with Crippen LogP contribution in [0.1, 0.15) is 12.8 Å². The third kappa shape index (κ3) is 2.71. The van der Waals surface area contributed by atoms with Crippen LogP contribution in [0.5, 0.6) is 5.75 Å². The lowest BCUT2D eigenvalue weighted by Crippen LogP contribution is -2.17. The fraction of sp³-hybridized carbons (Fsp3) is 0.278. The lowest BCUT2D eigenvalue weighted by atomic mass is 10.2. The SMILES string of the molecule is COc1ccccc1-c1noc(-c2cc(N3CCCC3)ccn2)n1. The zero-order chi connectivity index (χ0) is 16.4. The summed E-state index contributed by atoms with van der Waals surface area (Å²) < 4.78 is 10.8. The summed E-state index contributed by atoms with van der Waals surface area (Å²) in [7, 11) is 1.63. The third-order valence-electron chi connectivity index (χ3n) is 4.21. The van der Waals surface area contributed by atoms with E-state index < -0.39 is 0 Å². The van der Waals surface area contributed by atoms with E-state index in [0.29, 0.717) is 23.2 Å². The molecule has 0 bridgehead atoms. The van der Waals surface area contributed by atoms with Crippen molar-refractivity contribution in [2.75, 3.05) is 25.1 Å². The lowest BCUT2D eigenvalue weighted by molar-refractivity contribution is 0.413. The van der Waals surface area contributed by atoms with Gasteiger partial charge in [-0.2, -0.15) is 4.98 Å². The first-order valence-corrected chi connectivity index (χ1v) is 8.03. The fourth-order valence-corrected chi connectivity index (χ4v) is 2.97. The zero-order valence-corrected chi connectivity index (χ0v) is 13.5. The number of methoxy groups -OCH3 is 1. The minimum atomic E-state index is 0.414. The second-order valence-corrected chi connectivity index (χ2v) is 5.72. The molecule has 1 aromatic carbocycles. The molecule has 2 aromatic heterocycles. The van der Waals surface area contributed by atoms with E-state index in [1.807, 2.05) is 36.4 Å². The van der Waals surface area contributed by atoms with Crippen molar-refractivity contribution in [3.63, 3.8) is 0 Å². The van der Waals surface area contributed by atoms with Gasteiger partial charge in [-0.15, -0.1) is 0 Å². The molecule has 0 radical (unpaired) electrons. The topological polar surface area (TPSA) is 64.3 Å². The van der Waals surface area contributed by atoms with Crippen LogP contribution in [0.2, 0.25) is 0 Å². The molecule has 3 aromatic rings. The molecule has 0 aliphatic carbocycles. The van der Waals surface area contributed by atoms with Gasteiger partial charge in [-0.25, -0.2) is 0 Å². The summed E-state index contributed by atoms with van der Waals surface area (Å²) in [6.07, 6.45) is 4.25. The average Bonchev–Trinajstić information content (AvgIpc) is 3.34. The molecule has 1 fully saturated rings. The first-order chi connectivity index (χ1) is 11.8. The molecule has 0 saturated carbocycles. The smallest absolute Gasteiger partial charge is 0.276 e. The van der Waals surface area contributed by atoms with Gasteiger partial charge in [0.1, 0.15) is 11.4 Å². The van der Waals surface area contributed by atoms with E-state index in [0.717, 1.165) is 24.3 Å². The highest BCUT2D eigenvalue weighted by atomic mass is 16.5. The maximum Gasteiger partial charge on any atom is 0.276 e. The predicted octanol–water partition coefficient (Wildman–Crippen LogP) is 3.41. The fourth-order valence-electron chi connectivity index (χ4n) is 2.97. The summed E-state index contributed by atoms with van der Waals surface area (Å²) in [5.41, 5.74) is 2.63. The molecule has 0 amide bonds. The number of para-hydroxylation sites is 1. The number of hydrogen-bond donors (Lipinski definition) is 0. The van der Waals surface area contributed by atoms with Gasteiger partial charge in [-0.05, 0) is 37.1 Å². The summed E-state index contributed by atoms with van der Waals surface area (Å²) in [6.45, 7) is 2.17. The predicted molar refractivity (Wildman–Crippen MR) is 91.0 cm³/mol. The van der Waals surface area contributed by atoms with E-state index in [2.05, 4.69) is 20.0 Å². The summed E-state index contributed by atoms with van der Waals surface area (Å²) in [6, 6.07) is 11.6. The molecule has 0 spiro atoms. The summed E-state index contributed by atoms with van der Waals surface area (Å²) in [5.74, 6) is 1.62. The van der Waals surface area contributed by atoms with E-state index in [-0.39, 0.29) is 0 Å². The molecular formula is C18H18N4O2. The second-order valence-electron chi connectivity index (χ2n) is 5.72. The maximum absolute atomic E-state index is 5.42. The Labute approximate surface area is 140 Å². The van der Waals surface area contributed by atoms with Gasteiger partial charge in [-0.3, -0.25) is 4.98 Å². The average molecular weight is 322 g/mol. The van der Waals surface area contributed by atoms with Crippen LogP contribution < -0.4 is 9.64 Å². The largest absolute Gasteiger partial charge is 0.496 e. The van der Waals surface area contributed by atoms with Gasteiger partial charge in [0.25, 0.3) is 5.89 Å². The highest BCUT2D eigenvalue weighted by molar-refractivity contribution is 5.66. The molecule has 4 rings (SSSR count). The van der Waals surface area contributed by atoms with Crippen molar-refractivity contribution in [2.24, 2.45) is 0 Å². The van der Waals surface area contributed by atoms with E-state index in [1.165, 1.54) is 12.8 Å². The van der Waals surface area contributed by atoms with Gasteiger partial charge in [0.05, 0.1) is 12.7 Å². The van der Waals surface area contributed by atoms with Crippen LogP contribution in [-0.2, 0) is 0 Å². The minimum absolute atomic E-state index is 0.414. The molecule has 1 aliphatic heterocycles. The van der Waals surface area contributed by atoms with E-state index in [4.69, 9.17) is 9.26 Å². The van der Waals surface area contributed by atoms with Crippen LogP contribution >= 0.6 is 0 Å². The molecule has 0 atom stereocenters. The van der Waals surface area contributed by atoms with Crippen molar-refractivity contribution < 1.29 is 9.26 Å². The Hall–Kier alpha value is -2.89. The van der Waals surface area contributed by atoms with Gasteiger partial charge in [0.15, 0.2) is 0 Å². The number of anilines is 1. The normalized spacial score (nSPS) is 14.1. The number of ether oxygens (including phenoxy) is 1. The number of hydrogen-bond acceptors (Lipinski definition) is 6. The van der Waals surface area contributed by atoms with Gasteiger partial charge in [0.2, 0.25) is 5.82 Å². The Kier molecular flexibility index (Phi) is 3.86. The van der Waals surface area contributed by atoms with Crippen LogP contribution in [-0.4, -0.2) is 35.3 Å². The highest BCUT2D eigenvalue weighted by Crippen LogP contribution is 2.30. The monoisotopic (exact) mass is 322 g/mol. The molecule has 1 aliphatic rings. The Balaban J connectivity index is 1.66. The number of pyridine rings is 1. The van der Waals surface area contributed by atoms with Crippen molar-refractivity contribution in [1.29, 1.82) is 0 Å². The summed E-state index contributed by atoms with van der Waals surface area (Å²) in [4.78, 5) is 11.2. The van der Waals surface area contributed by atoms with E-state index in [9.17, 15) is 0 Å². The van der Waals surface area contributed by atoms with Crippen molar-refractivity contribution in [3.05, 3.63) is 42.6 Å². The van der Waals surface area contributed by atoms with Crippen molar-refractivity contribution in [2.45, 2.75) is 12.8 Å². The van der Waals surface area contributed by atoms with Gasteiger partial charge in [-0.1, -0.05) is 17.3 Å². The standard InChI is InChI=1S/C18H18N4O2/c1-23-16-7-3-2-6-14(16)17-20-18(24-21-17)15-12-13(8-9-19-15)22-10-4-5-11-22/h2-3,6-9,12H,4-5,10-11H2,1H3. The molecule has 6 heteroatoms.